The van der Waals surface area contributed by atoms with Gasteiger partial charge >= 0.3 is 0 Å². The normalized spacial score (nSPS) is 10.2. The fourth-order valence-corrected chi connectivity index (χ4v) is 1.32. The van der Waals surface area contributed by atoms with Crippen LogP contribution in [0.4, 0.5) is 5.95 Å². The van der Waals surface area contributed by atoms with E-state index in [0.717, 1.165) is 18.2 Å². The minimum atomic E-state index is 0.330. The van der Waals surface area contributed by atoms with Crippen LogP contribution in [0.15, 0.2) is 24.4 Å². The van der Waals surface area contributed by atoms with Gasteiger partial charge in [0, 0.05) is 11.6 Å². The Labute approximate surface area is 77.2 Å². The summed E-state index contributed by atoms with van der Waals surface area (Å²) in [4.78, 5) is 8.07. The number of rotatable bonds is 1. The lowest BCUT2D eigenvalue weighted by atomic mass is 9.73. The maximum atomic E-state index is 5.47. The van der Waals surface area contributed by atoms with Crippen LogP contribution in [0.25, 0.3) is 10.9 Å². The predicted molar refractivity (Wildman–Crippen MR) is 56.6 cm³/mol. The smallest absolute Gasteiger partial charge is 0.220 e. The molecule has 1 aromatic carbocycles. The van der Waals surface area contributed by atoms with Crippen LogP contribution in [0, 0.1) is 0 Å². The molecule has 0 unspecified atom stereocenters. The number of hydrogen-bond donors (Lipinski definition) is 1. The predicted octanol–water partition coefficient (Wildman–Crippen LogP) is 0.322. The van der Waals surface area contributed by atoms with Gasteiger partial charge in [-0.25, -0.2) is 9.97 Å². The number of fused-ring (bicyclic) bond motifs is 1. The maximum Gasteiger partial charge on any atom is 0.220 e. The first-order valence-corrected chi connectivity index (χ1v) is 4.31. The van der Waals surface area contributed by atoms with E-state index < -0.39 is 0 Å². The van der Waals surface area contributed by atoms with Gasteiger partial charge in [-0.3, -0.25) is 0 Å². The van der Waals surface area contributed by atoms with Gasteiger partial charge in [0.2, 0.25) is 5.95 Å². The van der Waals surface area contributed by atoms with Crippen LogP contribution in [-0.4, -0.2) is 17.2 Å². The Hall–Kier alpha value is -1.58. The summed E-state index contributed by atoms with van der Waals surface area (Å²) in [7, 11) is 1.03. The highest BCUT2D eigenvalue weighted by Gasteiger charge is 1.97. The summed E-state index contributed by atoms with van der Waals surface area (Å²) in [6.07, 6.45) is 1.76. The molecule has 2 rings (SSSR count). The van der Waals surface area contributed by atoms with Gasteiger partial charge in [0.05, 0.1) is 5.52 Å². The third-order valence-corrected chi connectivity index (χ3v) is 2.07. The van der Waals surface area contributed by atoms with Gasteiger partial charge in [-0.2, -0.15) is 0 Å². The van der Waals surface area contributed by atoms with Crippen molar-refractivity contribution in [2.75, 3.05) is 5.73 Å². The molecule has 0 saturated carbocycles. The molecule has 2 aromatic rings. The fraction of sp³-hybridized carbons (Fsp3) is 0.111. The molecule has 3 nitrogen and oxygen atoms in total. The largest absolute Gasteiger partial charge is 0.368 e. The Morgan fingerprint density at radius 2 is 2.23 bits per heavy atom. The number of anilines is 1. The molecule has 0 saturated heterocycles. The zero-order valence-electron chi connectivity index (χ0n) is 7.49. The van der Waals surface area contributed by atoms with E-state index in [-0.39, 0.29) is 0 Å². The molecule has 0 aliphatic carbocycles. The summed E-state index contributed by atoms with van der Waals surface area (Å²) < 4.78 is 0. The number of hydrogen-bond acceptors (Lipinski definition) is 3. The van der Waals surface area contributed by atoms with Crippen LogP contribution >= 0.6 is 0 Å². The first kappa shape index (κ1) is 8.04. The first-order chi connectivity index (χ1) is 6.29. The van der Waals surface area contributed by atoms with Crippen molar-refractivity contribution in [2.45, 2.75) is 6.82 Å². The number of benzene rings is 1. The van der Waals surface area contributed by atoms with Crippen molar-refractivity contribution < 1.29 is 0 Å². The van der Waals surface area contributed by atoms with E-state index in [1.54, 1.807) is 6.20 Å². The summed E-state index contributed by atoms with van der Waals surface area (Å²) in [5, 5.41) is 1.05. The Balaban J connectivity index is 2.66. The highest BCUT2D eigenvalue weighted by molar-refractivity contribution is 6.52. The molecule has 13 heavy (non-hydrogen) atoms. The van der Waals surface area contributed by atoms with Crippen LogP contribution < -0.4 is 11.2 Å². The van der Waals surface area contributed by atoms with Crippen molar-refractivity contribution >= 4 is 29.6 Å². The third-order valence-electron chi connectivity index (χ3n) is 2.07. The maximum absolute atomic E-state index is 5.47. The van der Waals surface area contributed by atoms with Gasteiger partial charge in [-0.05, 0) is 6.07 Å². The van der Waals surface area contributed by atoms with E-state index in [1.807, 2.05) is 6.07 Å². The van der Waals surface area contributed by atoms with Crippen molar-refractivity contribution in [2.24, 2.45) is 0 Å². The minimum Gasteiger partial charge on any atom is -0.368 e. The molecule has 4 heteroatoms. The van der Waals surface area contributed by atoms with E-state index in [9.17, 15) is 0 Å². The Kier molecular flexibility index (Phi) is 1.89. The molecule has 1 aromatic heterocycles. The van der Waals surface area contributed by atoms with E-state index in [4.69, 9.17) is 5.73 Å². The van der Waals surface area contributed by atoms with E-state index in [1.165, 1.54) is 5.46 Å². The van der Waals surface area contributed by atoms with Crippen molar-refractivity contribution in [1.29, 1.82) is 0 Å². The summed E-state index contributed by atoms with van der Waals surface area (Å²) in [6.45, 7) is 2.12. The minimum absolute atomic E-state index is 0.330. The van der Waals surface area contributed by atoms with Crippen LogP contribution in [0.2, 0.25) is 6.82 Å². The summed E-state index contributed by atoms with van der Waals surface area (Å²) >= 11 is 0. The molecule has 0 aliphatic heterocycles. The zero-order valence-corrected chi connectivity index (χ0v) is 7.49. The van der Waals surface area contributed by atoms with E-state index >= 15 is 0 Å². The first-order valence-electron chi connectivity index (χ1n) is 4.31. The Morgan fingerprint density at radius 1 is 1.38 bits per heavy atom. The van der Waals surface area contributed by atoms with Gasteiger partial charge in [0.25, 0.3) is 0 Å². The molecule has 0 spiro atoms. The lowest BCUT2D eigenvalue weighted by molar-refractivity contribution is 1.24. The molecule has 1 heterocycles. The molecule has 64 valence electrons. The number of nitrogens with zero attached hydrogens (tertiary/aromatic N) is 2. The second kappa shape index (κ2) is 3.05. The molecule has 0 fully saturated rings. The van der Waals surface area contributed by atoms with E-state index in [2.05, 4.69) is 28.9 Å². The number of nitrogens with two attached hydrogens (primary N) is 1. The van der Waals surface area contributed by atoms with Gasteiger partial charge in [-0.15, -0.1) is 0 Å². The highest BCUT2D eigenvalue weighted by atomic mass is 15.0. The standard InChI is InChI=1S/C9H10BN3/c1-10-7-2-3-8-6(4-7)5-12-9(11)13-8/h2-5,10H,1H3,(H2,11,12,13). The van der Waals surface area contributed by atoms with E-state index in [0.29, 0.717) is 5.95 Å². The average Bonchev–Trinajstić information content (AvgIpc) is 2.17. The quantitative estimate of drug-likeness (QED) is 0.628. The fourth-order valence-electron chi connectivity index (χ4n) is 1.32. The van der Waals surface area contributed by atoms with Gasteiger partial charge in [0.15, 0.2) is 7.28 Å². The molecular formula is C9H10BN3. The highest BCUT2D eigenvalue weighted by Crippen LogP contribution is 2.08. The van der Waals surface area contributed by atoms with Gasteiger partial charge < -0.3 is 5.73 Å². The van der Waals surface area contributed by atoms with Crippen molar-refractivity contribution in [3.8, 4) is 0 Å². The SMILES string of the molecule is CBc1ccc2nc(N)ncc2c1. The molecular weight excluding hydrogens is 161 g/mol. The molecule has 0 radical (unpaired) electrons. The van der Waals surface area contributed by atoms with Crippen LogP contribution in [0.3, 0.4) is 0 Å². The summed E-state index contributed by atoms with van der Waals surface area (Å²) in [5.41, 5.74) is 7.67. The lowest BCUT2D eigenvalue weighted by Gasteiger charge is -1.99. The monoisotopic (exact) mass is 171 g/mol. The second-order valence-electron chi connectivity index (χ2n) is 2.97. The topological polar surface area (TPSA) is 51.8 Å². The summed E-state index contributed by atoms with van der Waals surface area (Å²) in [5.74, 6) is 0.330. The number of aromatic nitrogens is 2. The van der Waals surface area contributed by atoms with Crippen LogP contribution in [0.1, 0.15) is 0 Å². The number of nitrogen functional groups attached to an aromatic ring is 1. The zero-order chi connectivity index (χ0) is 9.26. The van der Waals surface area contributed by atoms with Gasteiger partial charge in [0.1, 0.15) is 0 Å². The van der Waals surface area contributed by atoms with Gasteiger partial charge in [-0.1, -0.05) is 24.4 Å². The second-order valence-corrected chi connectivity index (χ2v) is 2.97. The van der Waals surface area contributed by atoms with Crippen LogP contribution in [-0.2, 0) is 0 Å². The van der Waals surface area contributed by atoms with Crippen LogP contribution in [0.5, 0.6) is 0 Å². The molecule has 0 atom stereocenters. The Bertz CT molecular complexity index is 442. The summed E-state index contributed by atoms with van der Waals surface area (Å²) in [6, 6.07) is 6.13. The molecule has 0 bridgehead atoms. The average molecular weight is 171 g/mol. The molecule has 0 aliphatic rings. The third kappa shape index (κ3) is 1.47. The van der Waals surface area contributed by atoms with Crippen molar-refractivity contribution in [1.82, 2.24) is 9.97 Å². The van der Waals surface area contributed by atoms with Crippen molar-refractivity contribution in [3.63, 3.8) is 0 Å². The lowest BCUT2D eigenvalue weighted by Crippen LogP contribution is -2.09. The van der Waals surface area contributed by atoms with Crippen molar-refractivity contribution in [3.05, 3.63) is 24.4 Å². The molecule has 2 N–H and O–H groups in total. The molecule has 0 amide bonds. The Morgan fingerprint density at radius 3 is 3.00 bits per heavy atom.